The normalized spacial score (nSPS) is 10.6. The van der Waals surface area contributed by atoms with Crippen molar-refractivity contribution in [2.75, 3.05) is 0 Å². The molecule has 0 aliphatic heterocycles. The Morgan fingerprint density at radius 3 is 2.80 bits per heavy atom. The summed E-state index contributed by atoms with van der Waals surface area (Å²) in [7, 11) is 1.56. The molecule has 8 heteroatoms. The van der Waals surface area contributed by atoms with Crippen LogP contribution in [0.2, 0.25) is 0 Å². The maximum Gasteiger partial charge on any atom is 0.353 e. The molecule has 0 bridgehead atoms. The Labute approximate surface area is 122 Å². The number of nitro groups is 1. The van der Waals surface area contributed by atoms with Crippen molar-refractivity contribution in [3.63, 3.8) is 0 Å². The van der Waals surface area contributed by atoms with E-state index in [1.54, 1.807) is 14.0 Å². The predicted molar refractivity (Wildman–Crippen MR) is 73.4 cm³/mol. The Kier molecular flexibility index (Phi) is 4.03. The first-order valence-corrected chi connectivity index (χ1v) is 6.56. The van der Waals surface area contributed by atoms with Gasteiger partial charge in [-0.3, -0.25) is 10.1 Å². The average Bonchev–Trinajstić information content (AvgIpc) is 2.71. The third-order valence-electron chi connectivity index (χ3n) is 2.66. The number of ether oxygens (including phenoxy) is 1. The van der Waals surface area contributed by atoms with Gasteiger partial charge >= 0.3 is 5.69 Å². The molecule has 6 nitrogen and oxygen atoms in total. The molecule has 1 aromatic heterocycles. The standard InChI is InChI=1S/C12H11BrFN3O3/c1-3-10-11(17(18)19)12(16(2)15-10)20-7-4-5-9(14)8(13)6-7/h4-6H,3H2,1-2H3. The molecule has 1 heterocycles. The summed E-state index contributed by atoms with van der Waals surface area (Å²) in [6.45, 7) is 1.77. The molecule has 0 aliphatic carbocycles. The minimum Gasteiger partial charge on any atom is -0.434 e. The Balaban J connectivity index is 2.45. The summed E-state index contributed by atoms with van der Waals surface area (Å²) < 4.78 is 20.2. The SMILES string of the molecule is CCc1nn(C)c(Oc2ccc(F)c(Br)c2)c1[N+](=O)[O-]. The first-order chi connectivity index (χ1) is 9.43. The van der Waals surface area contributed by atoms with E-state index in [1.165, 1.54) is 22.9 Å². The number of aromatic nitrogens is 2. The van der Waals surface area contributed by atoms with Crippen LogP contribution in [-0.4, -0.2) is 14.7 Å². The largest absolute Gasteiger partial charge is 0.434 e. The lowest BCUT2D eigenvalue weighted by molar-refractivity contribution is -0.386. The monoisotopic (exact) mass is 343 g/mol. The molecule has 2 aromatic rings. The highest BCUT2D eigenvalue weighted by molar-refractivity contribution is 9.10. The van der Waals surface area contributed by atoms with Gasteiger partial charge in [0.15, 0.2) is 0 Å². The van der Waals surface area contributed by atoms with Crippen LogP contribution in [0.1, 0.15) is 12.6 Å². The summed E-state index contributed by atoms with van der Waals surface area (Å²) in [5.74, 6) is -0.136. The highest BCUT2D eigenvalue weighted by Crippen LogP contribution is 2.35. The second kappa shape index (κ2) is 5.58. The van der Waals surface area contributed by atoms with Crippen molar-refractivity contribution in [3.05, 3.63) is 44.3 Å². The van der Waals surface area contributed by atoms with Crippen molar-refractivity contribution < 1.29 is 14.1 Å². The average molecular weight is 344 g/mol. The van der Waals surface area contributed by atoms with E-state index in [4.69, 9.17) is 4.74 Å². The third kappa shape index (κ3) is 2.64. The van der Waals surface area contributed by atoms with Crippen LogP contribution in [0, 0.1) is 15.9 Å². The zero-order valence-electron chi connectivity index (χ0n) is 10.8. The summed E-state index contributed by atoms with van der Waals surface area (Å²) in [6, 6.07) is 4.00. The van der Waals surface area contributed by atoms with Gasteiger partial charge in [-0.25, -0.2) is 9.07 Å². The molecule has 0 radical (unpaired) electrons. The molecule has 106 valence electrons. The van der Waals surface area contributed by atoms with Gasteiger partial charge in [0.1, 0.15) is 17.3 Å². The fraction of sp³-hybridized carbons (Fsp3) is 0.250. The van der Waals surface area contributed by atoms with Gasteiger partial charge < -0.3 is 4.74 Å². The number of rotatable bonds is 4. The van der Waals surface area contributed by atoms with E-state index in [0.717, 1.165) is 0 Å². The number of halogens is 2. The Morgan fingerprint density at radius 1 is 1.55 bits per heavy atom. The molecule has 0 N–H and O–H groups in total. The van der Waals surface area contributed by atoms with E-state index >= 15 is 0 Å². The quantitative estimate of drug-likeness (QED) is 0.628. The number of nitrogens with zero attached hydrogens (tertiary/aromatic N) is 3. The lowest BCUT2D eigenvalue weighted by Gasteiger charge is -2.05. The minimum atomic E-state index is -0.528. The maximum atomic E-state index is 13.2. The van der Waals surface area contributed by atoms with Gasteiger partial charge in [0.2, 0.25) is 0 Å². The van der Waals surface area contributed by atoms with Gasteiger partial charge in [0.25, 0.3) is 5.88 Å². The molecule has 0 fully saturated rings. The van der Waals surface area contributed by atoms with Gasteiger partial charge in [0.05, 0.1) is 9.40 Å². The van der Waals surface area contributed by atoms with Crippen LogP contribution in [0.25, 0.3) is 0 Å². The van der Waals surface area contributed by atoms with E-state index < -0.39 is 10.7 Å². The van der Waals surface area contributed by atoms with Crippen LogP contribution in [-0.2, 0) is 13.5 Å². The first-order valence-electron chi connectivity index (χ1n) is 5.77. The van der Waals surface area contributed by atoms with E-state index in [-0.39, 0.29) is 21.8 Å². The van der Waals surface area contributed by atoms with Crippen LogP contribution < -0.4 is 4.74 Å². The van der Waals surface area contributed by atoms with Crippen molar-refractivity contribution in [2.45, 2.75) is 13.3 Å². The van der Waals surface area contributed by atoms with Crippen molar-refractivity contribution >= 4 is 21.6 Å². The van der Waals surface area contributed by atoms with Crippen LogP contribution >= 0.6 is 15.9 Å². The molecule has 0 amide bonds. The van der Waals surface area contributed by atoms with Crippen LogP contribution in [0.5, 0.6) is 11.6 Å². The fourth-order valence-corrected chi connectivity index (χ4v) is 2.10. The molecule has 0 spiro atoms. The molecular weight excluding hydrogens is 333 g/mol. The van der Waals surface area contributed by atoms with Crippen LogP contribution in [0.15, 0.2) is 22.7 Å². The van der Waals surface area contributed by atoms with Crippen molar-refractivity contribution in [1.82, 2.24) is 9.78 Å². The summed E-state index contributed by atoms with van der Waals surface area (Å²) in [6.07, 6.45) is 0.417. The number of benzene rings is 1. The molecular formula is C12H11BrFN3O3. The molecule has 0 saturated carbocycles. The third-order valence-corrected chi connectivity index (χ3v) is 3.27. The first kappa shape index (κ1) is 14.4. The Hall–Kier alpha value is -1.96. The summed E-state index contributed by atoms with van der Waals surface area (Å²) in [4.78, 5) is 10.6. The van der Waals surface area contributed by atoms with Gasteiger partial charge in [-0.15, -0.1) is 0 Å². The summed E-state index contributed by atoms with van der Waals surface area (Å²) in [5.41, 5.74) is 0.170. The van der Waals surface area contributed by atoms with Crippen molar-refractivity contribution in [2.24, 2.45) is 7.05 Å². The molecule has 20 heavy (non-hydrogen) atoms. The predicted octanol–water partition coefficient (Wildman–Crippen LogP) is 3.58. The van der Waals surface area contributed by atoms with E-state index in [1.807, 2.05) is 0 Å². The molecule has 0 aliphatic rings. The number of hydrogen-bond acceptors (Lipinski definition) is 4. The van der Waals surface area contributed by atoms with Crippen molar-refractivity contribution in [1.29, 1.82) is 0 Å². The van der Waals surface area contributed by atoms with Crippen LogP contribution in [0.4, 0.5) is 10.1 Å². The van der Waals surface area contributed by atoms with Gasteiger partial charge in [-0.05, 0) is 40.5 Å². The van der Waals surface area contributed by atoms with E-state index in [9.17, 15) is 14.5 Å². The molecule has 0 atom stereocenters. The molecule has 0 unspecified atom stereocenters. The minimum absolute atomic E-state index is 0.0189. The van der Waals surface area contributed by atoms with E-state index in [2.05, 4.69) is 21.0 Å². The Bertz CT molecular complexity index is 672. The second-order valence-electron chi connectivity index (χ2n) is 4.01. The fourth-order valence-electron chi connectivity index (χ4n) is 1.74. The number of aryl methyl sites for hydroxylation is 2. The van der Waals surface area contributed by atoms with Gasteiger partial charge in [0, 0.05) is 7.05 Å². The van der Waals surface area contributed by atoms with Crippen LogP contribution in [0.3, 0.4) is 0 Å². The second-order valence-corrected chi connectivity index (χ2v) is 4.87. The molecule has 1 aromatic carbocycles. The lowest BCUT2D eigenvalue weighted by Crippen LogP contribution is -1.97. The topological polar surface area (TPSA) is 70.2 Å². The smallest absolute Gasteiger partial charge is 0.353 e. The lowest BCUT2D eigenvalue weighted by atomic mass is 10.3. The highest BCUT2D eigenvalue weighted by Gasteiger charge is 2.27. The maximum absolute atomic E-state index is 13.2. The van der Waals surface area contributed by atoms with E-state index in [0.29, 0.717) is 12.1 Å². The summed E-state index contributed by atoms with van der Waals surface area (Å²) >= 11 is 3.03. The summed E-state index contributed by atoms with van der Waals surface area (Å²) in [5, 5.41) is 15.2. The molecule has 2 rings (SSSR count). The molecule has 0 saturated heterocycles. The zero-order valence-corrected chi connectivity index (χ0v) is 12.3. The van der Waals surface area contributed by atoms with Gasteiger partial charge in [-0.2, -0.15) is 5.10 Å². The Morgan fingerprint density at radius 2 is 2.25 bits per heavy atom. The van der Waals surface area contributed by atoms with Crippen molar-refractivity contribution in [3.8, 4) is 11.6 Å². The van der Waals surface area contributed by atoms with Gasteiger partial charge in [-0.1, -0.05) is 6.92 Å². The highest BCUT2D eigenvalue weighted by atomic mass is 79.9. The number of hydrogen-bond donors (Lipinski definition) is 0. The zero-order chi connectivity index (χ0) is 14.9.